The van der Waals surface area contributed by atoms with Crippen LogP contribution < -0.4 is 10.6 Å². The molecule has 25 heavy (non-hydrogen) atoms. The first-order chi connectivity index (χ1) is 11.7. The molecular weight excluding hydrogens is 341 g/mol. The highest BCUT2D eigenvalue weighted by Crippen LogP contribution is 2.40. The zero-order chi connectivity index (χ0) is 18.5. The Kier molecular flexibility index (Phi) is 6.42. The van der Waals surface area contributed by atoms with Crippen molar-refractivity contribution in [2.75, 3.05) is 26.2 Å². The molecule has 0 aliphatic carbocycles. The Morgan fingerprint density at radius 3 is 2.84 bits per heavy atom. The SMILES string of the molecule is Cn1ccnc1C(O)(CCNC(=O)CNCC1CCCO1)C(F)(F)F. The van der Waals surface area contributed by atoms with Gasteiger partial charge in [-0.25, -0.2) is 4.98 Å². The Morgan fingerprint density at radius 2 is 2.28 bits per heavy atom. The number of ether oxygens (including phenoxy) is 1. The Hall–Kier alpha value is -1.65. The number of aryl methyl sites for hydroxylation is 1. The number of halogens is 3. The largest absolute Gasteiger partial charge is 0.424 e. The van der Waals surface area contributed by atoms with Gasteiger partial charge in [-0.05, 0) is 12.8 Å². The van der Waals surface area contributed by atoms with Gasteiger partial charge in [0.2, 0.25) is 11.5 Å². The van der Waals surface area contributed by atoms with Crippen LogP contribution in [0.3, 0.4) is 0 Å². The zero-order valence-electron chi connectivity index (χ0n) is 14.0. The predicted octanol–water partition coefficient (Wildman–Crippen LogP) is 0.445. The fourth-order valence-corrected chi connectivity index (χ4v) is 2.74. The number of nitrogens with zero attached hydrogens (tertiary/aromatic N) is 2. The van der Waals surface area contributed by atoms with E-state index in [-0.39, 0.29) is 19.2 Å². The lowest BCUT2D eigenvalue weighted by molar-refractivity contribution is -0.272. The Bertz CT molecular complexity index is 573. The second-order valence-corrected chi connectivity index (χ2v) is 6.09. The minimum Gasteiger partial charge on any atom is -0.377 e. The van der Waals surface area contributed by atoms with Crippen molar-refractivity contribution in [1.29, 1.82) is 0 Å². The van der Waals surface area contributed by atoms with Gasteiger partial charge in [0.15, 0.2) is 0 Å². The van der Waals surface area contributed by atoms with Gasteiger partial charge in [0, 0.05) is 45.6 Å². The summed E-state index contributed by atoms with van der Waals surface area (Å²) < 4.78 is 46.4. The average molecular weight is 364 g/mol. The second kappa shape index (κ2) is 8.15. The highest BCUT2D eigenvalue weighted by Gasteiger charge is 2.57. The van der Waals surface area contributed by atoms with Crippen molar-refractivity contribution in [2.45, 2.75) is 37.1 Å². The lowest BCUT2D eigenvalue weighted by atomic mass is 9.97. The van der Waals surface area contributed by atoms with Crippen LogP contribution in [0.1, 0.15) is 25.1 Å². The number of amides is 1. The fourth-order valence-electron chi connectivity index (χ4n) is 2.74. The van der Waals surface area contributed by atoms with Gasteiger partial charge in [0.25, 0.3) is 0 Å². The van der Waals surface area contributed by atoms with Crippen LogP contribution >= 0.6 is 0 Å². The fraction of sp³-hybridized carbons (Fsp3) is 0.733. The number of nitrogens with one attached hydrogen (secondary N) is 2. The molecule has 0 bridgehead atoms. The molecule has 1 aliphatic rings. The first-order valence-corrected chi connectivity index (χ1v) is 8.10. The van der Waals surface area contributed by atoms with Crippen LogP contribution in [0.4, 0.5) is 13.2 Å². The van der Waals surface area contributed by atoms with Gasteiger partial charge in [0.05, 0.1) is 12.6 Å². The van der Waals surface area contributed by atoms with Crippen molar-refractivity contribution in [1.82, 2.24) is 20.2 Å². The quantitative estimate of drug-likeness (QED) is 0.623. The Morgan fingerprint density at radius 1 is 1.52 bits per heavy atom. The number of carbonyl (C=O) groups excluding carboxylic acids is 1. The molecule has 0 aromatic carbocycles. The molecule has 2 heterocycles. The van der Waals surface area contributed by atoms with Crippen LogP contribution in [-0.2, 0) is 22.2 Å². The maximum Gasteiger partial charge on any atom is 0.424 e. The monoisotopic (exact) mass is 364 g/mol. The Balaban J connectivity index is 1.80. The van der Waals surface area contributed by atoms with Gasteiger partial charge >= 0.3 is 6.18 Å². The van der Waals surface area contributed by atoms with Gasteiger partial charge in [-0.3, -0.25) is 4.79 Å². The molecule has 3 N–H and O–H groups in total. The molecule has 0 radical (unpaired) electrons. The molecule has 10 heteroatoms. The molecule has 0 spiro atoms. The van der Waals surface area contributed by atoms with E-state index in [9.17, 15) is 23.1 Å². The first kappa shape index (κ1) is 19.7. The molecule has 1 amide bonds. The lowest BCUT2D eigenvalue weighted by Gasteiger charge is -2.30. The molecule has 1 aromatic heterocycles. The third-order valence-corrected chi connectivity index (χ3v) is 4.15. The van der Waals surface area contributed by atoms with Gasteiger partial charge in [0.1, 0.15) is 5.82 Å². The number of hydrogen-bond acceptors (Lipinski definition) is 5. The highest BCUT2D eigenvalue weighted by atomic mass is 19.4. The van der Waals surface area contributed by atoms with Crippen LogP contribution in [0.25, 0.3) is 0 Å². The summed E-state index contributed by atoms with van der Waals surface area (Å²) in [5.41, 5.74) is -3.12. The number of aromatic nitrogens is 2. The van der Waals surface area contributed by atoms with Crippen LogP contribution in [0.2, 0.25) is 0 Å². The standard InChI is InChI=1S/C15H23F3N4O3/c1-22-7-6-21-13(22)14(24,15(16,17)18)4-5-20-12(23)10-19-9-11-3-2-8-25-11/h6-7,11,19,24H,2-5,8-10H2,1H3,(H,20,23). The number of alkyl halides is 3. The summed E-state index contributed by atoms with van der Waals surface area (Å²) >= 11 is 0. The first-order valence-electron chi connectivity index (χ1n) is 8.10. The summed E-state index contributed by atoms with van der Waals surface area (Å²) in [5, 5.41) is 15.4. The molecule has 2 atom stereocenters. The molecular formula is C15H23F3N4O3. The van der Waals surface area contributed by atoms with E-state index in [2.05, 4.69) is 15.6 Å². The maximum atomic E-state index is 13.3. The van der Waals surface area contributed by atoms with E-state index in [0.717, 1.165) is 17.4 Å². The normalized spacial score (nSPS) is 20.4. The maximum absolute atomic E-state index is 13.3. The average Bonchev–Trinajstić information content (AvgIpc) is 3.17. The van der Waals surface area contributed by atoms with E-state index in [1.165, 1.54) is 19.4 Å². The van der Waals surface area contributed by atoms with Crippen molar-refractivity contribution >= 4 is 5.91 Å². The molecule has 2 rings (SSSR count). The van der Waals surface area contributed by atoms with Gasteiger partial charge in [-0.1, -0.05) is 0 Å². The summed E-state index contributed by atoms with van der Waals surface area (Å²) in [4.78, 5) is 15.3. The zero-order valence-corrected chi connectivity index (χ0v) is 14.0. The van der Waals surface area contributed by atoms with Gasteiger partial charge in [-0.2, -0.15) is 13.2 Å². The van der Waals surface area contributed by atoms with E-state index in [1.54, 1.807) is 0 Å². The van der Waals surface area contributed by atoms with Gasteiger partial charge < -0.3 is 25.0 Å². The molecule has 1 aliphatic heterocycles. The smallest absolute Gasteiger partial charge is 0.377 e. The lowest BCUT2D eigenvalue weighted by Crippen LogP contribution is -2.47. The minimum absolute atomic E-state index is 0.0211. The van der Waals surface area contributed by atoms with Gasteiger partial charge in [-0.15, -0.1) is 0 Å². The molecule has 1 aromatic rings. The number of aliphatic hydroxyl groups is 1. The van der Waals surface area contributed by atoms with Crippen LogP contribution in [0.5, 0.6) is 0 Å². The topological polar surface area (TPSA) is 88.4 Å². The molecule has 1 fully saturated rings. The summed E-state index contributed by atoms with van der Waals surface area (Å²) in [7, 11) is 1.37. The summed E-state index contributed by atoms with van der Waals surface area (Å²) in [6, 6.07) is 0. The van der Waals surface area contributed by atoms with Crippen molar-refractivity contribution in [3.05, 3.63) is 18.2 Å². The van der Waals surface area contributed by atoms with E-state index >= 15 is 0 Å². The van der Waals surface area contributed by atoms with Crippen LogP contribution in [-0.4, -0.2) is 59.1 Å². The van der Waals surface area contributed by atoms with Crippen molar-refractivity contribution in [2.24, 2.45) is 7.05 Å². The summed E-state index contributed by atoms with van der Waals surface area (Å²) in [5.74, 6) is -0.951. The number of rotatable bonds is 8. The third-order valence-electron chi connectivity index (χ3n) is 4.15. The van der Waals surface area contributed by atoms with Crippen molar-refractivity contribution in [3.8, 4) is 0 Å². The Labute approximate surface area is 143 Å². The summed E-state index contributed by atoms with van der Waals surface area (Å²) in [6.45, 7) is 0.880. The molecule has 1 saturated heterocycles. The summed E-state index contributed by atoms with van der Waals surface area (Å²) in [6.07, 6.45) is -1.14. The van der Waals surface area contributed by atoms with Crippen molar-refractivity contribution in [3.63, 3.8) is 0 Å². The van der Waals surface area contributed by atoms with E-state index in [4.69, 9.17) is 4.74 Å². The van der Waals surface area contributed by atoms with E-state index in [0.29, 0.717) is 13.2 Å². The third kappa shape index (κ3) is 4.93. The van der Waals surface area contributed by atoms with E-state index < -0.39 is 29.9 Å². The number of imidazole rings is 1. The second-order valence-electron chi connectivity index (χ2n) is 6.09. The number of hydrogen-bond donors (Lipinski definition) is 3. The highest BCUT2D eigenvalue weighted by molar-refractivity contribution is 5.77. The van der Waals surface area contributed by atoms with Crippen molar-refractivity contribution < 1.29 is 27.8 Å². The number of carbonyl (C=O) groups is 1. The van der Waals surface area contributed by atoms with Crippen LogP contribution in [0.15, 0.2) is 12.4 Å². The molecule has 2 unspecified atom stereocenters. The van der Waals surface area contributed by atoms with Crippen LogP contribution in [0, 0.1) is 0 Å². The molecule has 7 nitrogen and oxygen atoms in total. The van der Waals surface area contributed by atoms with E-state index in [1.807, 2.05) is 0 Å². The minimum atomic E-state index is -4.91. The predicted molar refractivity (Wildman–Crippen MR) is 82.6 cm³/mol. The molecule has 0 saturated carbocycles. The molecule has 142 valence electrons.